The predicted molar refractivity (Wildman–Crippen MR) is 69.4 cm³/mol. The van der Waals surface area contributed by atoms with Crippen molar-refractivity contribution in [1.82, 2.24) is 9.88 Å². The van der Waals surface area contributed by atoms with Crippen LogP contribution < -0.4 is 0 Å². The van der Waals surface area contributed by atoms with Crippen molar-refractivity contribution >= 4 is 5.91 Å². The zero-order chi connectivity index (χ0) is 12.7. The van der Waals surface area contributed by atoms with Crippen LogP contribution in [-0.2, 0) is 11.3 Å². The second-order valence-corrected chi connectivity index (χ2v) is 4.38. The third-order valence-electron chi connectivity index (χ3n) is 3.01. The van der Waals surface area contributed by atoms with Crippen LogP contribution >= 0.6 is 0 Å². The van der Waals surface area contributed by atoms with Gasteiger partial charge in [-0.05, 0) is 37.5 Å². The summed E-state index contributed by atoms with van der Waals surface area (Å²) in [7, 11) is 0. The number of rotatable bonds is 6. The van der Waals surface area contributed by atoms with Crippen molar-refractivity contribution in [2.45, 2.75) is 52.6 Å². The Kier molecular flexibility index (Phi) is 5.67. The van der Waals surface area contributed by atoms with Gasteiger partial charge in [-0.15, -0.1) is 0 Å². The lowest BCUT2D eigenvalue weighted by Gasteiger charge is -2.28. The molecule has 0 fully saturated rings. The molecule has 1 aromatic heterocycles. The van der Waals surface area contributed by atoms with Crippen molar-refractivity contribution in [3.63, 3.8) is 0 Å². The quantitative estimate of drug-likeness (QED) is 0.758. The van der Waals surface area contributed by atoms with Crippen LogP contribution in [-0.4, -0.2) is 21.8 Å². The summed E-state index contributed by atoms with van der Waals surface area (Å²) in [5, 5.41) is 0. The molecule has 3 nitrogen and oxygen atoms in total. The molecule has 1 aromatic rings. The molecule has 1 amide bonds. The van der Waals surface area contributed by atoms with Gasteiger partial charge >= 0.3 is 0 Å². The minimum Gasteiger partial charge on any atom is -0.336 e. The summed E-state index contributed by atoms with van der Waals surface area (Å²) < 4.78 is 0. The molecule has 0 N–H and O–H groups in total. The number of aromatic nitrogens is 1. The van der Waals surface area contributed by atoms with Gasteiger partial charge in [-0.2, -0.15) is 0 Å². The summed E-state index contributed by atoms with van der Waals surface area (Å²) >= 11 is 0. The number of amides is 1. The van der Waals surface area contributed by atoms with Crippen molar-refractivity contribution in [3.05, 3.63) is 30.1 Å². The molecule has 0 unspecified atom stereocenters. The molecule has 0 bridgehead atoms. The zero-order valence-corrected chi connectivity index (χ0v) is 11.0. The Balaban J connectivity index is 2.73. The van der Waals surface area contributed by atoms with Crippen LogP contribution in [0, 0.1) is 0 Å². The highest BCUT2D eigenvalue weighted by Gasteiger charge is 2.17. The second kappa shape index (κ2) is 7.05. The fraction of sp³-hybridized carbons (Fsp3) is 0.571. The van der Waals surface area contributed by atoms with Crippen LogP contribution in [0.15, 0.2) is 24.5 Å². The SMILES string of the molecule is CCCC(=O)N(Cc1ccncc1)[C@@H](C)CC. The standard InChI is InChI=1S/C14H22N2O/c1-4-6-14(17)16(12(3)5-2)11-13-7-9-15-10-8-13/h7-10,12H,4-6,11H2,1-3H3/t12-/m0/s1. The zero-order valence-electron chi connectivity index (χ0n) is 11.0. The first-order chi connectivity index (χ1) is 8.19. The number of nitrogens with zero attached hydrogens (tertiary/aromatic N) is 2. The van der Waals surface area contributed by atoms with E-state index < -0.39 is 0 Å². The molecule has 3 heteroatoms. The Bertz CT molecular complexity index is 337. The maximum atomic E-state index is 12.1. The van der Waals surface area contributed by atoms with Gasteiger partial charge in [0.05, 0.1) is 0 Å². The van der Waals surface area contributed by atoms with E-state index in [1.807, 2.05) is 24.0 Å². The molecule has 1 atom stereocenters. The first-order valence-corrected chi connectivity index (χ1v) is 6.37. The van der Waals surface area contributed by atoms with Gasteiger partial charge in [-0.1, -0.05) is 13.8 Å². The highest BCUT2D eigenvalue weighted by Crippen LogP contribution is 2.12. The smallest absolute Gasteiger partial charge is 0.223 e. The van der Waals surface area contributed by atoms with Gasteiger partial charge in [0.15, 0.2) is 0 Å². The van der Waals surface area contributed by atoms with Gasteiger partial charge in [0, 0.05) is 31.4 Å². The van der Waals surface area contributed by atoms with Crippen LogP contribution in [0.4, 0.5) is 0 Å². The van der Waals surface area contributed by atoms with E-state index >= 15 is 0 Å². The van der Waals surface area contributed by atoms with Crippen LogP contribution in [0.1, 0.15) is 45.6 Å². The van der Waals surface area contributed by atoms with Crippen molar-refractivity contribution in [3.8, 4) is 0 Å². The molecule has 0 aliphatic carbocycles. The van der Waals surface area contributed by atoms with Crippen LogP contribution in [0.2, 0.25) is 0 Å². The fourth-order valence-electron chi connectivity index (χ4n) is 1.75. The highest BCUT2D eigenvalue weighted by atomic mass is 16.2. The minimum absolute atomic E-state index is 0.249. The summed E-state index contributed by atoms with van der Waals surface area (Å²) in [5.74, 6) is 0.249. The number of hydrogen-bond acceptors (Lipinski definition) is 2. The summed E-state index contributed by atoms with van der Waals surface area (Å²) in [6, 6.07) is 4.23. The number of carbonyl (C=O) groups excluding carboxylic acids is 1. The Morgan fingerprint density at radius 1 is 1.35 bits per heavy atom. The average molecular weight is 234 g/mol. The van der Waals surface area contributed by atoms with E-state index in [1.165, 1.54) is 0 Å². The van der Waals surface area contributed by atoms with Gasteiger partial charge in [0.1, 0.15) is 0 Å². The van der Waals surface area contributed by atoms with E-state index in [9.17, 15) is 4.79 Å². The Morgan fingerprint density at radius 3 is 2.53 bits per heavy atom. The molecule has 1 heterocycles. The molecule has 0 radical (unpaired) electrons. The Hall–Kier alpha value is -1.38. The molecule has 94 valence electrons. The maximum absolute atomic E-state index is 12.1. The third-order valence-corrected chi connectivity index (χ3v) is 3.01. The van der Waals surface area contributed by atoms with Crippen molar-refractivity contribution in [2.24, 2.45) is 0 Å². The summed E-state index contributed by atoms with van der Waals surface area (Å²) in [6.45, 7) is 6.95. The van der Waals surface area contributed by atoms with E-state index in [1.54, 1.807) is 12.4 Å². The predicted octanol–water partition coefficient (Wildman–Crippen LogP) is 3.01. The monoisotopic (exact) mass is 234 g/mol. The topological polar surface area (TPSA) is 33.2 Å². The van der Waals surface area contributed by atoms with Gasteiger partial charge < -0.3 is 4.90 Å². The molecular formula is C14H22N2O. The average Bonchev–Trinajstić information content (AvgIpc) is 2.36. The van der Waals surface area contributed by atoms with Gasteiger partial charge in [-0.25, -0.2) is 0 Å². The molecule has 0 saturated carbocycles. The molecule has 17 heavy (non-hydrogen) atoms. The van der Waals surface area contributed by atoms with E-state index in [2.05, 4.69) is 18.8 Å². The number of pyridine rings is 1. The normalized spacial score (nSPS) is 12.2. The third kappa shape index (κ3) is 4.17. The largest absolute Gasteiger partial charge is 0.336 e. The van der Waals surface area contributed by atoms with E-state index in [0.29, 0.717) is 19.0 Å². The lowest BCUT2D eigenvalue weighted by atomic mass is 10.1. The molecule has 0 aliphatic rings. The first kappa shape index (κ1) is 13.7. The minimum atomic E-state index is 0.249. The van der Waals surface area contributed by atoms with Crippen molar-refractivity contribution in [1.29, 1.82) is 0 Å². The molecule has 0 aliphatic heterocycles. The summed E-state index contributed by atoms with van der Waals surface area (Å²) in [5.41, 5.74) is 1.14. The van der Waals surface area contributed by atoms with Gasteiger partial charge in [0.25, 0.3) is 0 Å². The maximum Gasteiger partial charge on any atom is 0.223 e. The summed E-state index contributed by atoms with van der Waals surface area (Å²) in [6.07, 6.45) is 6.07. The second-order valence-electron chi connectivity index (χ2n) is 4.38. The van der Waals surface area contributed by atoms with E-state index in [-0.39, 0.29) is 5.91 Å². The number of hydrogen-bond donors (Lipinski definition) is 0. The van der Waals surface area contributed by atoms with Crippen molar-refractivity contribution < 1.29 is 4.79 Å². The molecule has 1 rings (SSSR count). The summed E-state index contributed by atoms with van der Waals surface area (Å²) in [4.78, 5) is 18.0. The molecule has 0 aromatic carbocycles. The molecule has 0 spiro atoms. The molecule has 0 saturated heterocycles. The van der Waals surface area contributed by atoms with E-state index in [4.69, 9.17) is 0 Å². The highest BCUT2D eigenvalue weighted by molar-refractivity contribution is 5.76. The van der Waals surface area contributed by atoms with Crippen LogP contribution in [0.25, 0.3) is 0 Å². The molecular weight excluding hydrogens is 212 g/mol. The van der Waals surface area contributed by atoms with Crippen molar-refractivity contribution in [2.75, 3.05) is 0 Å². The lowest BCUT2D eigenvalue weighted by Crippen LogP contribution is -2.37. The fourth-order valence-corrected chi connectivity index (χ4v) is 1.75. The lowest BCUT2D eigenvalue weighted by molar-refractivity contribution is -0.134. The Labute approximate surface area is 104 Å². The van der Waals surface area contributed by atoms with Gasteiger partial charge in [0.2, 0.25) is 5.91 Å². The first-order valence-electron chi connectivity index (χ1n) is 6.37. The van der Waals surface area contributed by atoms with Gasteiger partial charge in [-0.3, -0.25) is 9.78 Å². The van der Waals surface area contributed by atoms with E-state index in [0.717, 1.165) is 18.4 Å². The Morgan fingerprint density at radius 2 is 2.00 bits per heavy atom. The number of carbonyl (C=O) groups is 1. The van der Waals surface area contributed by atoms with Crippen LogP contribution in [0.3, 0.4) is 0 Å². The van der Waals surface area contributed by atoms with Crippen LogP contribution in [0.5, 0.6) is 0 Å².